The third-order valence-electron chi connectivity index (χ3n) is 3.99. The van der Waals surface area contributed by atoms with Gasteiger partial charge in [0.05, 0.1) is 0 Å². The first-order chi connectivity index (χ1) is 12.8. The van der Waals surface area contributed by atoms with Crippen LogP contribution in [0.3, 0.4) is 0 Å². The minimum Gasteiger partial charge on any atom is -0.460 e. The van der Waals surface area contributed by atoms with Gasteiger partial charge in [0.25, 0.3) is 5.56 Å². The topological polar surface area (TPSA) is 169 Å². The van der Waals surface area contributed by atoms with Crippen molar-refractivity contribution >= 4 is 39.4 Å². The number of hydrogen-bond donors (Lipinski definition) is 3. The summed E-state index contributed by atoms with van der Waals surface area (Å²) in [6.45, 7) is 3.04. The SMILES string of the molecule is CCC(OC(C)=O)[C@@H]1CC(=O)[C@H](n2c(=O)sc3c(=O)[nH]c(NN=N)nc32)O1. The maximum absolute atomic E-state index is 12.5. The second-order valence-corrected chi connectivity index (χ2v) is 6.74. The van der Waals surface area contributed by atoms with E-state index in [1.54, 1.807) is 6.92 Å². The molecule has 3 heterocycles. The molecule has 3 atom stereocenters. The van der Waals surface area contributed by atoms with Crippen molar-refractivity contribution in [2.45, 2.75) is 45.1 Å². The van der Waals surface area contributed by atoms with Crippen molar-refractivity contribution in [3.63, 3.8) is 0 Å². The summed E-state index contributed by atoms with van der Waals surface area (Å²) in [5.41, 5.74) is 8.29. The predicted octanol–water partition coefficient (Wildman–Crippen LogP) is 0.702. The number of esters is 1. The highest BCUT2D eigenvalue weighted by molar-refractivity contribution is 7.16. The van der Waals surface area contributed by atoms with Gasteiger partial charge < -0.3 is 9.47 Å². The van der Waals surface area contributed by atoms with E-state index < -0.39 is 40.6 Å². The van der Waals surface area contributed by atoms with Gasteiger partial charge in [0.1, 0.15) is 16.9 Å². The van der Waals surface area contributed by atoms with Crippen LogP contribution in [-0.4, -0.2) is 38.5 Å². The Morgan fingerprint density at radius 1 is 1.56 bits per heavy atom. The van der Waals surface area contributed by atoms with Gasteiger partial charge in [0, 0.05) is 13.3 Å². The second kappa shape index (κ2) is 7.36. The molecule has 0 saturated carbocycles. The van der Waals surface area contributed by atoms with Crippen LogP contribution < -0.4 is 15.9 Å². The molecule has 1 fully saturated rings. The van der Waals surface area contributed by atoms with Gasteiger partial charge in [0.2, 0.25) is 5.95 Å². The van der Waals surface area contributed by atoms with E-state index in [1.807, 2.05) is 0 Å². The number of H-pyrrole nitrogens is 1. The number of nitrogens with zero attached hydrogens (tertiary/aromatic N) is 3. The lowest BCUT2D eigenvalue weighted by molar-refractivity contribution is -0.156. The molecule has 1 aliphatic heterocycles. The van der Waals surface area contributed by atoms with E-state index in [2.05, 4.69) is 20.6 Å². The fraction of sp³-hybridized carbons (Fsp3) is 0.500. The lowest BCUT2D eigenvalue weighted by atomic mass is 10.1. The monoisotopic (exact) mass is 396 g/mol. The van der Waals surface area contributed by atoms with Gasteiger partial charge in [-0.05, 0) is 6.42 Å². The summed E-state index contributed by atoms with van der Waals surface area (Å²) in [6, 6.07) is 0. The molecule has 3 N–H and O–H groups in total. The molecule has 13 heteroatoms. The van der Waals surface area contributed by atoms with E-state index in [1.165, 1.54) is 6.92 Å². The van der Waals surface area contributed by atoms with Crippen molar-refractivity contribution < 1.29 is 19.1 Å². The number of anilines is 1. The zero-order valence-corrected chi connectivity index (χ0v) is 15.2. The number of carbonyl (C=O) groups excluding carboxylic acids is 2. The largest absolute Gasteiger partial charge is 0.460 e. The maximum atomic E-state index is 12.5. The first-order valence-corrected chi connectivity index (χ1v) is 8.80. The Bertz CT molecular complexity index is 1030. The van der Waals surface area contributed by atoms with E-state index in [4.69, 9.17) is 15.0 Å². The Labute approximate surface area is 155 Å². The minimum absolute atomic E-state index is 0.0161. The summed E-state index contributed by atoms with van der Waals surface area (Å²) in [5, 5.41) is 2.91. The predicted molar refractivity (Wildman–Crippen MR) is 92.7 cm³/mol. The number of nitrogens with one attached hydrogen (secondary N) is 3. The van der Waals surface area contributed by atoms with Gasteiger partial charge in [-0.25, -0.2) is 9.99 Å². The van der Waals surface area contributed by atoms with E-state index in [9.17, 15) is 19.2 Å². The highest BCUT2D eigenvalue weighted by atomic mass is 32.1. The number of fused-ring (bicyclic) bond motifs is 1. The third-order valence-corrected chi connectivity index (χ3v) is 4.93. The molecule has 0 radical (unpaired) electrons. The molecule has 144 valence electrons. The van der Waals surface area contributed by atoms with E-state index >= 15 is 0 Å². The molecule has 27 heavy (non-hydrogen) atoms. The molecule has 3 rings (SSSR count). The summed E-state index contributed by atoms with van der Waals surface area (Å²) >= 11 is 0.625. The van der Waals surface area contributed by atoms with Crippen LogP contribution in [0.1, 0.15) is 32.9 Å². The summed E-state index contributed by atoms with van der Waals surface area (Å²) < 4.78 is 11.9. The third kappa shape index (κ3) is 3.50. The van der Waals surface area contributed by atoms with Gasteiger partial charge in [-0.3, -0.25) is 24.2 Å². The van der Waals surface area contributed by atoms with Crippen LogP contribution in [0, 0.1) is 5.53 Å². The second-order valence-electron chi connectivity index (χ2n) is 5.78. The fourth-order valence-electron chi connectivity index (χ4n) is 2.89. The van der Waals surface area contributed by atoms with Crippen molar-refractivity contribution in [1.29, 1.82) is 5.53 Å². The van der Waals surface area contributed by atoms with Crippen molar-refractivity contribution in [1.82, 2.24) is 14.5 Å². The zero-order chi connectivity index (χ0) is 19.7. The molecular formula is C14H16N6O6S. The smallest absolute Gasteiger partial charge is 0.312 e. The van der Waals surface area contributed by atoms with Gasteiger partial charge in [-0.15, -0.1) is 0 Å². The van der Waals surface area contributed by atoms with Gasteiger partial charge in [-0.2, -0.15) is 10.5 Å². The number of ketones is 1. The molecule has 0 spiro atoms. The standard InChI is InChI=1S/C14H16N6O6S/c1-3-7(25-5(2)21)8-4-6(22)12(26-8)20-10-9(27-14(20)24)11(23)17-13(16-10)18-19-15/h7-8,12H,3-4H2,1-2H3,(H3,15,16,17,18,23)/t7?,8-,12+/m0/s1. The number of ether oxygens (including phenoxy) is 2. The molecule has 12 nitrogen and oxygen atoms in total. The summed E-state index contributed by atoms with van der Waals surface area (Å²) in [5.74, 6) is -1.04. The van der Waals surface area contributed by atoms with Crippen molar-refractivity contribution in [3.8, 4) is 0 Å². The Morgan fingerprint density at radius 3 is 2.93 bits per heavy atom. The molecule has 0 aliphatic carbocycles. The Balaban J connectivity index is 2.02. The molecular weight excluding hydrogens is 380 g/mol. The molecule has 1 saturated heterocycles. The molecule has 0 bridgehead atoms. The number of aromatic nitrogens is 3. The van der Waals surface area contributed by atoms with Gasteiger partial charge in [0.15, 0.2) is 17.7 Å². The van der Waals surface area contributed by atoms with Crippen LogP contribution in [0.15, 0.2) is 14.8 Å². The molecule has 0 aromatic carbocycles. The van der Waals surface area contributed by atoms with Crippen molar-refractivity contribution in [3.05, 3.63) is 20.0 Å². The van der Waals surface area contributed by atoms with Crippen LogP contribution in [0.4, 0.5) is 5.95 Å². The van der Waals surface area contributed by atoms with Crippen LogP contribution >= 0.6 is 11.3 Å². The highest BCUT2D eigenvalue weighted by Gasteiger charge is 2.41. The minimum atomic E-state index is -1.28. The molecule has 0 amide bonds. The normalized spacial score (nSPS) is 20.6. The fourth-order valence-corrected chi connectivity index (χ4v) is 3.72. The summed E-state index contributed by atoms with van der Waals surface area (Å²) in [4.78, 5) is 54.0. The average molecular weight is 396 g/mol. The Hall–Kier alpha value is -2.93. The number of Topliss-reactive ketones (excluding diaryl/α,β-unsaturated/α-hetero) is 1. The first kappa shape index (κ1) is 18.8. The Kier molecular flexibility index (Phi) is 5.14. The van der Waals surface area contributed by atoms with Crippen LogP contribution in [0.25, 0.3) is 10.3 Å². The van der Waals surface area contributed by atoms with Crippen LogP contribution in [0.2, 0.25) is 0 Å². The number of thiazole rings is 1. The zero-order valence-electron chi connectivity index (χ0n) is 14.3. The molecule has 1 aliphatic rings. The summed E-state index contributed by atoms with van der Waals surface area (Å²) in [6.07, 6.45) is -2.23. The number of carbonyl (C=O) groups is 2. The van der Waals surface area contributed by atoms with Crippen molar-refractivity contribution in [2.24, 2.45) is 5.22 Å². The van der Waals surface area contributed by atoms with Crippen molar-refractivity contribution in [2.75, 3.05) is 5.43 Å². The number of rotatable bonds is 6. The van der Waals surface area contributed by atoms with Crippen LogP contribution in [-0.2, 0) is 19.1 Å². The number of hydrogen-bond acceptors (Lipinski definition) is 10. The molecule has 2 aromatic heterocycles. The van der Waals surface area contributed by atoms with E-state index in [0.29, 0.717) is 17.8 Å². The number of aromatic amines is 1. The average Bonchev–Trinajstić information content (AvgIpc) is 3.12. The van der Waals surface area contributed by atoms with Crippen LogP contribution in [0.5, 0.6) is 0 Å². The lowest BCUT2D eigenvalue weighted by Gasteiger charge is -2.21. The highest BCUT2D eigenvalue weighted by Crippen LogP contribution is 2.30. The quantitative estimate of drug-likeness (QED) is 0.364. The van der Waals surface area contributed by atoms with Gasteiger partial charge in [-0.1, -0.05) is 23.5 Å². The first-order valence-electron chi connectivity index (χ1n) is 7.98. The maximum Gasteiger partial charge on any atom is 0.312 e. The van der Waals surface area contributed by atoms with E-state index in [-0.39, 0.29) is 22.7 Å². The Morgan fingerprint density at radius 2 is 2.30 bits per heavy atom. The molecule has 2 aromatic rings. The van der Waals surface area contributed by atoms with Gasteiger partial charge >= 0.3 is 10.8 Å². The lowest BCUT2D eigenvalue weighted by Crippen LogP contribution is -2.31. The van der Waals surface area contributed by atoms with E-state index in [0.717, 1.165) is 4.57 Å². The summed E-state index contributed by atoms with van der Waals surface area (Å²) in [7, 11) is 0. The molecule has 1 unspecified atom stereocenters.